The van der Waals surface area contributed by atoms with Crippen molar-refractivity contribution in [3.05, 3.63) is 23.5 Å². The van der Waals surface area contributed by atoms with Crippen molar-refractivity contribution >= 4 is 11.8 Å². The second-order valence-corrected chi connectivity index (χ2v) is 2.13. The molecule has 4 nitrogen and oxygen atoms in total. The second kappa shape index (κ2) is 2.57. The Morgan fingerprint density at radius 2 is 2.27 bits per heavy atom. The summed E-state index contributed by atoms with van der Waals surface area (Å²) in [6.07, 6.45) is 2.27. The third-order valence-corrected chi connectivity index (χ3v) is 1.23. The zero-order valence-corrected chi connectivity index (χ0v) is 5.87. The van der Waals surface area contributed by atoms with Crippen molar-refractivity contribution in [3.63, 3.8) is 0 Å². The lowest BCUT2D eigenvalue weighted by Gasteiger charge is -2.04. The molecule has 1 aliphatic heterocycles. The van der Waals surface area contributed by atoms with Gasteiger partial charge in [0.1, 0.15) is 5.57 Å². The van der Waals surface area contributed by atoms with Crippen LogP contribution in [-0.2, 0) is 9.59 Å². The number of carboxylic acid groups (broad SMARTS) is 1. The molecule has 1 heterocycles. The van der Waals surface area contributed by atoms with Crippen molar-refractivity contribution in [2.24, 2.45) is 0 Å². The number of carbonyl (C=O) groups excluding carboxylic acids is 1. The fraction of sp³-hybridized carbons (Fsp3) is 0.143. The van der Waals surface area contributed by atoms with Gasteiger partial charge in [0.25, 0.3) is 0 Å². The van der Waals surface area contributed by atoms with Crippen LogP contribution in [0.5, 0.6) is 0 Å². The Bertz CT molecular complexity index is 275. The van der Waals surface area contributed by atoms with E-state index in [9.17, 15) is 9.59 Å². The molecule has 1 aliphatic rings. The van der Waals surface area contributed by atoms with E-state index in [-0.39, 0.29) is 5.57 Å². The molecule has 0 amide bonds. The standard InChI is InChI=1S/C7H6NO3/c1-4-2-6(9)5(3-8-4)7(10)11/h2-3H,1H3,(H,10,11). The molecule has 0 saturated heterocycles. The van der Waals surface area contributed by atoms with Crippen LogP contribution < -0.4 is 5.32 Å². The molecule has 0 aliphatic carbocycles. The average molecular weight is 152 g/mol. The number of rotatable bonds is 1. The number of carbonyl (C=O) groups is 2. The van der Waals surface area contributed by atoms with Crippen LogP contribution in [0.25, 0.3) is 0 Å². The number of allylic oxidation sites excluding steroid dienone is 2. The molecule has 0 fully saturated rings. The summed E-state index contributed by atoms with van der Waals surface area (Å²) in [5, 5.41) is 12.1. The van der Waals surface area contributed by atoms with E-state index in [1.807, 2.05) is 0 Å². The lowest BCUT2D eigenvalue weighted by atomic mass is 10.1. The molecule has 11 heavy (non-hydrogen) atoms. The largest absolute Gasteiger partial charge is 0.477 e. The second-order valence-electron chi connectivity index (χ2n) is 2.13. The summed E-state index contributed by atoms with van der Waals surface area (Å²) in [5.41, 5.74) is 0.246. The quantitative estimate of drug-likeness (QED) is 0.539. The van der Waals surface area contributed by atoms with Crippen LogP contribution >= 0.6 is 0 Å². The first-order chi connectivity index (χ1) is 5.11. The van der Waals surface area contributed by atoms with Gasteiger partial charge in [-0.05, 0) is 6.92 Å². The highest BCUT2D eigenvalue weighted by Gasteiger charge is 2.18. The Morgan fingerprint density at radius 1 is 1.64 bits per heavy atom. The van der Waals surface area contributed by atoms with E-state index in [0.29, 0.717) is 5.70 Å². The van der Waals surface area contributed by atoms with Crippen LogP contribution in [0.3, 0.4) is 0 Å². The van der Waals surface area contributed by atoms with Crippen molar-refractivity contribution in [3.8, 4) is 0 Å². The number of ketones is 1. The third-order valence-electron chi connectivity index (χ3n) is 1.23. The minimum Gasteiger partial charge on any atom is -0.477 e. The summed E-state index contributed by atoms with van der Waals surface area (Å²) in [5.74, 6) is -1.73. The Hall–Kier alpha value is -1.58. The van der Waals surface area contributed by atoms with Crippen molar-refractivity contribution in [2.45, 2.75) is 6.92 Å². The van der Waals surface area contributed by atoms with Crippen LogP contribution in [0.1, 0.15) is 6.92 Å². The lowest BCUT2D eigenvalue weighted by Crippen LogP contribution is -2.17. The Balaban J connectivity index is 2.89. The SMILES string of the molecule is CC1=CC(=O)C(C(=O)O)=C[N]1. The molecule has 0 aromatic carbocycles. The zero-order valence-electron chi connectivity index (χ0n) is 5.87. The van der Waals surface area contributed by atoms with E-state index < -0.39 is 11.8 Å². The predicted molar refractivity (Wildman–Crippen MR) is 36.6 cm³/mol. The highest BCUT2D eigenvalue weighted by atomic mass is 16.4. The lowest BCUT2D eigenvalue weighted by molar-refractivity contribution is -0.134. The summed E-state index contributed by atoms with van der Waals surface area (Å²) in [4.78, 5) is 21.2. The van der Waals surface area contributed by atoms with Gasteiger partial charge in [-0.3, -0.25) is 10.1 Å². The van der Waals surface area contributed by atoms with Crippen molar-refractivity contribution in [1.29, 1.82) is 0 Å². The summed E-state index contributed by atoms with van der Waals surface area (Å²) in [6.45, 7) is 1.63. The van der Waals surface area contributed by atoms with Gasteiger partial charge < -0.3 is 5.11 Å². The van der Waals surface area contributed by atoms with E-state index in [2.05, 4.69) is 5.32 Å². The molecule has 1 rings (SSSR count). The minimum atomic E-state index is -1.23. The van der Waals surface area contributed by atoms with E-state index >= 15 is 0 Å². The molecule has 0 atom stereocenters. The fourth-order valence-electron chi connectivity index (χ4n) is 0.695. The molecule has 0 aromatic rings. The maximum Gasteiger partial charge on any atom is 0.341 e. The van der Waals surface area contributed by atoms with Gasteiger partial charge >= 0.3 is 5.97 Å². The van der Waals surface area contributed by atoms with Gasteiger partial charge in [0, 0.05) is 18.0 Å². The van der Waals surface area contributed by atoms with Crippen LogP contribution in [-0.4, -0.2) is 16.9 Å². The van der Waals surface area contributed by atoms with Crippen molar-refractivity contribution in [2.75, 3.05) is 0 Å². The molecule has 1 N–H and O–H groups in total. The van der Waals surface area contributed by atoms with Gasteiger partial charge in [0.15, 0.2) is 5.78 Å². The van der Waals surface area contributed by atoms with Gasteiger partial charge in [-0.2, -0.15) is 0 Å². The predicted octanol–water partition coefficient (Wildman–Crippen LogP) is 0.0458. The minimum absolute atomic E-state index is 0.282. The molecule has 0 spiro atoms. The molecular formula is C7H6NO3. The Labute approximate surface area is 63.2 Å². The molecule has 0 aromatic heterocycles. The average Bonchev–Trinajstić information content (AvgIpc) is 1.85. The van der Waals surface area contributed by atoms with Crippen LogP contribution in [0.15, 0.2) is 23.5 Å². The van der Waals surface area contributed by atoms with Crippen LogP contribution in [0.2, 0.25) is 0 Å². The van der Waals surface area contributed by atoms with E-state index in [1.165, 1.54) is 6.08 Å². The topological polar surface area (TPSA) is 68.5 Å². The molecule has 0 bridgehead atoms. The maximum absolute atomic E-state index is 10.9. The molecule has 4 heteroatoms. The first-order valence-electron chi connectivity index (χ1n) is 2.98. The highest BCUT2D eigenvalue weighted by Crippen LogP contribution is 2.06. The molecular weight excluding hydrogens is 146 g/mol. The number of hydrogen-bond acceptors (Lipinski definition) is 2. The Kier molecular flexibility index (Phi) is 1.76. The zero-order chi connectivity index (χ0) is 8.43. The number of aliphatic carboxylic acids is 1. The van der Waals surface area contributed by atoms with Gasteiger partial charge in [0.2, 0.25) is 0 Å². The molecule has 0 unspecified atom stereocenters. The van der Waals surface area contributed by atoms with Gasteiger partial charge in [-0.25, -0.2) is 4.79 Å². The molecule has 57 valence electrons. The number of carboxylic acids is 1. The van der Waals surface area contributed by atoms with E-state index in [1.54, 1.807) is 6.92 Å². The van der Waals surface area contributed by atoms with E-state index in [4.69, 9.17) is 5.11 Å². The Morgan fingerprint density at radius 3 is 2.73 bits per heavy atom. The van der Waals surface area contributed by atoms with E-state index in [0.717, 1.165) is 6.20 Å². The van der Waals surface area contributed by atoms with Crippen LogP contribution in [0, 0.1) is 0 Å². The van der Waals surface area contributed by atoms with Gasteiger partial charge in [0.05, 0.1) is 0 Å². The molecule has 1 radical (unpaired) electrons. The fourth-order valence-corrected chi connectivity index (χ4v) is 0.695. The van der Waals surface area contributed by atoms with Crippen LogP contribution in [0.4, 0.5) is 0 Å². The van der Waals surface area contributed by atoms with Gasteiger partial charge in [-0.15, -0.1) is 0 Å². The smallest absolute Gasteiger partial charge is 0.341 e. The summed E-state index contributed by atoms with van der Waals surface area (Å²) in [7, 11) is 0. The monoisotopic (exact) mass is 152 g/mol. The molecule has 0 saturated carbocycles. The summed E-state index contributed by atoms with van der Waals surface area (Å²) >= 11 is 0. The van der Waals surface area contributed by atoms with Crippen molar-refractivity contribution in [1.82, 2.24) is 5.32 Å². The normalized spacial score (nSPS) is 16.6. The summed E-state index contributed by atoms with van der Waals surface area (Å²) < 4.78 is 0. The summed E-state index contributed by atoms with van der Waals surface area (Å²) in [6, 6.07) is 0. The third kappa shape index (κ3) is 1.46. The maximum atomic E-state index is 10.9. The number of hydrogen-bond donors (Lipinski definition) is 1. The highest BCUT2D eigenvalue weighted by molar-refractivity contribution is 6.21. The first-order valence-corrected chi connectivity index (χ1v) is 2.98. The number of nitrogens with zero attached hydrogens (tertiary/aromatic N) is 1. The van der Waals surface area contributed by atoms with Crippen molar-refractivity contribution < 1.29 is 14.7 Å². The first kappa shape index (κ1) is 7.53. The van der Waals surface area contributed by atoms with Gasteiger partial charge in [-0.1, -0.05) is 0 Å².